The van der Waals surface area contributed by atoms with Crippen molar-refractivity contribution in [2.45, 2.75) is 0 Å². The fourth-order valence-electron chi connectivity index (χ4n) is 1.20. The van der Waals surface area contributed by atoms with Crippen LogP contribution in [0, 0.1) is 0 Å². The van der Waals surface area contributed by atoms with E-state index in [2.05, 4.69) is 9.47 Å². The molecule has 0 aromatic heterocycles. The summed E-state index contributed by atoms with van der Waals surface area (Å²) >= 11 is 5.76. The average molecular weight is 270 g/mol. The van der Waals surface area contributed by atoms with Gasteiger partial charge < -0.3 is 14.6 Å². The number of halogens is 1. The van der Waals surface area contributed by atoms with E-state index in [0.29, 0.717) is 0 Å². The normalized spacial score (nSPS) is 10.4. The number of hydrogen-bond acceptors (Lipinski definition) is 5. The fourth-order valence-corrected chi connectivity index (χ4v) is 1.44. The molecule has 0 heterocycles. The van der Waals surface area contributed by atoms with Crippen molar-refractivity contribution < 1.29 is 24.2 Å². The van der Waals surface area contributed by atoms with E-state index in [1.54, 1.807) is 0 Å². The number of rotatable bonds is 3. The Labute approximate surface area is 109 Å². The number of esters is 2. The highest BCUT2D eigenvalue weighted by Crippen LogP contribution is 2.29. The average Bonchev–Trinajstić information content (AvgIpc) is 2.39. The lowest BCUT2D eigenvalue weighted by Crippen LogP contribution is -2.05. The van der Waals surface area contributed by atoms with Crippen LogP contribution in [0.2, 0.25) is 5.02 Å². The van der Waals surface area contributed by atoms with Crippen molar-refractivity contribution >= 4 is 29.6 Å². The Hall–Kier alpha value is -2.01. The molecule has 18 heavy (non-hydrogen) atoms. The first-order valence-corrected chi connectivity index (χ1v) is 5.23. The molecule has 96 valence electrons. The van der Waals surface area contributed by atoms with Crippen molar-refractivity contribution in [1.29, 1.82) is 0 Å². The third-order valence-electron chi connectivity index (χ3n) is 2.13. The molecule has 1 rings (SSSR count). The summed E-state index contributed by atoms with van der Waals surface area (Å²) in [6.07, 6.45) is 2.35. The number of benzene rings is 1. The Kier molecular flexibility index (Phi) is 4.74. The quantitative estimate of drug-likeness (QED) is 0.612. The van der Waals surface area contributed by atoms with Crippen molar-refractivity contribution in [3.8, 4) is 5.75 Å². The second kappa shape index (κ2) is 6.07. The minimum Gasteiger partial charge on any atom is -0.871 e. The number of carbonyl (C=O) groups excluding carboxylic acids is 2. The molecular formula is C12H10ClO5-. The lowest BCUT2D eigenvalue weighted by atomic mass is 10.1. The summed E-state index contributed by atoms with van der Waals surface area (Å²) in [6, 6.07) is 2.73. The maximum Gasteiger partial charge on any atom is 0.339 e. The molecule has 0 aliphatic heterocycles. The monoisotopic (exact) mass is 269 g/mol. The molecule has 0 fully saturated rings. The fraction of sp³-hybridized carbons (Fsp3) is 0.167. The SMILES string of the molecule is COC(=O)/C=C/c1ccc(C(=O)OC)c(Cl)c1[O-]. The molecule has 0 N–H and O–H groups in total. The first kappa shape index (κ1) is 14.1. The van der Waals surface area contributed by atoms with Gasteiger partial charge in [-0.1, -0.05) is 23.4 Å². The van der Waals surface area contributed by atoms with Crippen LogP contribution < -0.4 is 5.11 Å². The second-order valence-corrected chi connectivity index (χ2v) is 3.57. The van der Waals surface area contributed by atoms with Gasteiger partial charge in [0.25, 0.3) is 0 Å². The van der Waals surface area contributed by atoms with Gasteiger partial charge in [0.05, 0.1) is 19.8 Å². The van der Waals surface area contributed by atoms with Crippen molar-refractivity contribution in [2.75, 3.05) is 14.2 Å². The van der Waals surface area contributed by atoms with Crippen LogP contribution in [0.3, 0.4) is 0 Å². The summed E-state index contributed by atoms with van der Waals surface area (Å²) in [5, 5.41) is 11.5. The van der Waals surface area contributed by atoms with E-state index in [-0.39, 0.29) is 16.1 Å². The Bertz CT molecular complexity index is 507. The van der Waals surface area contributed by atoms with Crippen LogP contribution in [0.25, 0.3) is 6.08 Å². The highest BCUT2D eigenvalue weighted by Gasteiger charge is 2.11. The molecule has 0 saturated carbocycles. The van der Waals surface area contributed by atoms with Crippen LogP contribution in [-0.2, 0) is 14.3 Å². The molecule has 0 unspecified atom stereocenters. The van der Waals surface area contributed by atoms with Crippen molar-refractivity contribution in [3.63, 3.8) is 0 Å². The number of ether oxygens (including phenoxy) is 2. The van der Waals surface area contributed by atoms with Gasteiger partial charge in [-0.2, -0.15) is 0 Å². The zero-order chi connectivity index (χ0) is 13.7. The summed E-state index contributed by atoms with van der Waals surface area (Å²) < 4.78 is 8.86. The molecule has 0 aliphatic rings. The van der Waals surface area contributed by atoms with E-state index in [9.17, 15) is 14.7 Å². The highest BCUT2D eigenvalue weighted by atomic mass is 35.5. The summed E-state index contributed by atoms with van der Waals surface area (Å²) in [5.41, 5.74) is 0.164. The van der Waals surface area contributed by atoms with Crippen molar-refractivity contribution in [3.05, 3.63) is 34.4 Å². The Balaban J connectivity index is 3.12. The maximum absolute atomic E-state index is 11.8. The lowest BCUT2D eigenvalue weighted by Gasteiger charge is -2.15. The van der Waals surface area contributed by atoms with Gasteiger partial charge in [0.15, 0.2) is 0 Å². The third kappa shape index (κ3) is 3.01. The lowest BCUT2D eigenvalue weighted by molar-refractivity contribution is -0.268. The van der Waals surface area contributed by atoms with Gasteiger partial charge in [0.2, 0.25) is 0 Å². The van der Waals surface area contributed by atoms with Gasteiger partial charge in [-0.3, -0.25) is 0 Å². The summed E-state index contributed by atoms with van der Waals surface area (Å²) in [5.74, 6) is -1.84. The zero-order valence-corrected chi connectivity index (χ0v) is 10.5. The van der Waals surface area contributed by atoms with Crippen LogP contribution in [-0.4, -0.2) is 26.2 Å². The largest absolute Gasteiger partial charge is 0.871 e. The van der Waals surface area contributed by atoms with Crippen molar-refractivity contribution in [2.24, 2.45) is 0 Å². The summed E-state index contributed by atoms with van der Waals surface area (Å²) in [7, 11) is 2.41. The number of hydrogen-bond donors (Lipinski definition) is 0. The van der Waals surface area contributed by atoms with E-state index in [4.69, 9.17) is 11.6 Å². The highest BCUT2D eigenvalue weighted by molar-refractivity contribution is 6.35. The molecule has 6 heteroatoms. The van der Waals surface area contributed by atoms with Gasteiger partial charge in [-0.15, -0.1) is 0 Å². The Morgan fingerprint density at radius 1 is 1.28 bits per heavy atom. The van der Waals surface area contributed by atoms with Gasteiger partial charge in [0.1, 0.15) is 0 Å². The standard InChI is InChI=1S/C12H11ClO5/c1-17-9(14)6-4-7-3-5-8(12(16)18-2)10(13)11(7)15/h3-6,15H,1-2H3/p-1/b6-4+. The first-order valence-electron chi connectivity index (χ1n) is 4.85. The van der Waals surface area contributed by atoms with Crippen LogP contribution in [0.5, 0.6) is 5.75 Å². The molecule has 1 aromatic rings. The number of methoxy groups -OCH3 is 2. The molecule has 0 radical (unpaired) electrons. The minimum atomic E-state index is -0.694. The molecule has 0 aliphatic carbocycles. The molecule has 0 spiro atoms. The van der Waals surface area contributed by atoms with Crippen LogP contribution in [0.1, 0.15) is 15.9 Å². The van der Waals surface area contributed by atoms with Crippen molar-refractivity contribution in [1.82, 2.24) is 0 Å². The van der Waals surface area contributed by atoms with E-state index < -0.39 is 17.7 Å². The molecule has 0 saturated heterocycles. The van der Waals surface area contributed by atoms with Gasteiger partial charge >= 0.3 is 11.9 Å². The number of carbonyl (C=O) groups is 2. The smallest absolute Gasteiger partial charge is 0.339 e. The van der Waals surface area contributed by atoms with E-state index in [1.807, 2.05) is 0 Å². The Morgan fingerprint density at radius 2 is 1.94 bits per heavy atom. The molecule has 1 aromatic carbocycles. The van der Waals surface area contributed by atoms with E-state index in [0.717, 1.165) is 6.08 Å². The second-order valence-electron chi connectivity index (χ2n) is 3.19. The molecule has 0 atom stereocenters. The van der Waals surface area contributed by atoms with Crippen LogP contribution in [0.15, 0.2) is 18.2 Å². The summed E-state index contributed by atoms with van der Waals surface area (Å²) in [4.78, 5) is 22.2. The topological polar surface area (TPSA) is 75.7 Å². The molecule has 0 amide bonds. The molecule has 5 nitrogen and oxygen atoms in total. The van der Waals surface area contributed by atoms with E-state index >= 15 is 0 Å². The summed E-state index contributed by atoms with van der Waals surface area (Å²) in [6.45, 7) is 0. The van der Waals surface area contributed by atoms with Gasteiger partial charge in [-0.05, 0) is 17.7 Å². The predicted octanol–water partition coefficient (Wildman–Crippen LogP) is 1.39. The third-order valence-corrected chi connectivity index (χ3v) is 2.51. The van der Waals surface area contributed by atoms with Crippen LogP contribution >= 0.6 is 11.6 Å². The first-order chi connectivity index (χ1) is 8.51. The van der Waals surface area contributed by atoms with E-state index in [1.165, 1.54) is 32.4 Å². The van der Waals surface area contributed by atoms with Gasteiger partial charge in [-0.25, -0.2) is 9.59 Å². The molecular weight excluding hydrogens is 260 g/mol. The maximum atomic E-state index is 11.8. The zero-order valence-electron chi connectivity index (χ0n) is 9.73. The van der Waals surface area contributed by atoms with Crippen LogP contribution in [0.4, 0.5) is 0 Å². The predicted molar refractivity (Wildman–Crippen MR) is 63.3 cm³/mol. The molecule has 0 bridgehead atoms. The van der Waals surface area contributed by atoms with Gasteiger partial charge in [0, 0.05) is 11.1 Å². The Morgan fingerprint density at radius 3 is 2.50 bits per heavy atom. The minimum absolute atomic E-state index is 0.0145.